The van der Waals surface area contributed by atoms with E-state index in [1.165, 1.54) is 16.9 Å². The second-order valence-corrected chi connectivity index (χ2v) is 5.68. The van der Waals surface area contributed by atoms with E-state index in [0.717, 1.165) is 23.6 Å². The smallest absolute Gasteiger partial charge is 0.347 e. The molecule has 0 radical (unpaired) electrons. The van der Waals surface area contributed by atoms with Crippen molar-refractivity contribution >= 4 is 17.3 Å². The van der Waals surface area contributed by atoms with Crippen LogP contribution in [0.25, 0.3) is 0 Å². The average molecular weight is 291 g/mol. The van der Waals surface area contributed by atoms with Crippen molar-refractivity contribution in [3.05, 3.63) is 45.4 Å². The molecule has 1 aromatic heterocycles. The van der Waals surface area contributed by atoms with Gasteiger partial charge in [0.15, 0.2) is 0 Å². The number of aromatic nitrogens is 1. The van der Waals surface area contributed by atoms with Crippen LogP contribution in [0.5, 0.6) is 5.75 Å². The zero-order chi connectivity index (χ0) is 14.5. The summed E-state index contributed by atoms with van der Waals surface area (Å²) in [5.41, 5.74) is 1.77. The van der Waals surface area contributed by atoms with E-state index in [1.807, 2.05) is 31.2 Å². The maximum Gasteiger partial charge on any atom is 0.347 e. The van der Waals surface area contributed by atoms with Crippen molar-refractivity contribution in [3.8, 4) is 5.75 Å². The van der Waals surface area contributed by atoms with E-state index in [1.54, 1.807) is 6.92 Å². The lowest BCUT2D eigenvalue weighted by atomic mass is 10.2. The molecule has 1 aromatic carbocycles. The lowest BCUT2D eigenvalue weighted by molar-refractivity contribution is 0.0701. The molecular formula is C15H17NO3S. The maximum absolute atomic E-state index is 10.9. The minimum atomic E-state index is -0.901. The Hall–Kier alpha value is -1.88. The molecule has 20 heavy (non-hydrogen) atoms. The summed E-state index contributed by atoms with van der Waals surface area (Å²) in [5, 5.41) is 9.83. The Kier molecular flexibility index (Phi) is 4.74. The standard InChI is InChI=1S/C15H17NO3S/c1-10-5-3-6-12(9-10)19-8-4-7-13-16-11(2)14(20-13)15(17)18/h3,5-6,9H,4,7-8H2,1-2H3,(H,17,18). The predicted octanol–water partition coefficient (Wildman–Crippen LogP) is 3.47. The highest BCUT2D eigenvalue weighted by Crippen LogP contribution is 2.19. The molecule has 106 valence electrons. The number of carbonyl (C=O) groups is 1. The number of hydrogen-bond acceptors (Lipinski definition) is 4. The summed E-state index contributed by atoms with van der Waals surface area (Å²) < 4.78 is 5.65. The van der Waals surface area contributed by atoms with Gasteiger partial charge >= 0.3 is 5.97 Å². The van der Waals surface area contributed by atoms with E-state index in [4.69, 9.17) is 9.84 Å². The lowest BCUT2D eigenvalue weighted by Gasteiger charge is -2.05. The molecule has 0 unspecified atom stereocenters. The molecule has 4 nitrogen and oxygen atoms in total. The summed E-state index contributed by atoms with van der Waals surface area (Å²) in [6.07, 6.45) is 1.56. The van der Waals surface area contributed by atoms with Gasteiger partial charge in [-0.3, -0.25) is 0 Å². The van der Waals surface area contributed by atoms with Gasteiger partial charge < -0.3 is 9.84 Å². The first-order valence-electron chi connectivity index (χ1n) is 6.45. The van der Waals surface area contributed by atoms with Gasteiger partial charge in [0, 0.05) is 6.42 Å². The zero-order valence-electron chi connectivity index (χ0n) is 11.5. The number of carboxylic acids is 1. The van der Waals surface area contributed by atoms with Crippen molar-refractivity contribution in [2.45, 2.75) is 26.7 Å². The molecule has 2 rings (SSSR count). The van der Waals surface area contributed by atoms with Gasteiger partial charge in [0.2, 0.25) is 0 Å². The van der Waals surface area contributed by atoms with Crippen molar-refractivity contribution < 1.29 is 14.6 Å². The summed E-state index contributed by atoms with van der Waals surface area (Å²) in [5.74, 6) is -0.0335. The number of nitrogens with zero attached hydrogens (tertiary/aromatic N) is 1. The van der Waals surface area contributed by atoms with Crippen LogP contribution >= 0.6 is 11.3 Å². The first-order valence-corrected chi connectivity index (χ1v) is 7.27. The minimum Gasteiger partial charge on any atom is -0.494 e. The van der Waals surface area contributed by atoms with E-state index in [0.29, 0.717) is 17.2 Å². The van der Waals surface area contributed by atoms with Gasteiger partial charge in [0.05, 0.1) is 17.3 Å². The van der Waals surface area contributed by atoms with E-state index in [-0.39, 0.29) is 0 Å². The van der Waals surface area contributed by atoms with Crippen LogP contribution in [0.3, 0.4) is 0 Å². The lowest BCUT2D eigenvalue weighted by Crippen LogP contribution is -1.99. The number of rotatable bonds is 6. The van der Waals surface area contributed by atoms with E-state index in [9.17, 15) is 4.79 Å². The highest BCUT2D eigenvalue weighted by atomic mass is 32.1. The van der Waals surface area contributed by atoms with Crippen LogP contribution in [0.1, 0.15) is 32.4 Å². The number of ether oxygens (including phenoxy) is 1. The fourth-order valence-corrected chi connectivity index (χ4v) is 2.82. The molecule has 0 saturated carbocycles. The number of carboxylic acid groups (broad SMARTS) is 1. The second-order valence-electron chi connectivity index (χ2n) is 4.60. The van der Waals surface area contributed by atoms with Crippen molar-refractivity contribution in [1.82, 2.24) is 4.98 Å². The van der Waals surface area contributed by atoms with Gasteiger partial charge in [-0.1, -0.05) is 12.1 Å². The zero-order valence-corrected chi connectivity index (χ0v) is 12.4. The molecule has 1 N–H and O–H groups in total. The summed E-state index contributed by atoms with van der Waals surface area (Å²) >= 11 is 1.25. The van der Waals surface area contributed by atoms with Gasteiger partial charge in [0.25, 0.3) is 0 Å². The Bertz CT molecular complexity index is 607. The van der Waals surface area contributed by atoms with Crippen LogP contribution in [0.4, 0.5) is 0 Å². The highest BCUT2D eigenvalue weighted by Gasteiger charge is 2.13. The Morgan fingerprint density at radius 1 is 1.40 bits per heavy atom. The number of benzene rings is 1. The van der Waals surface area contributed by atoms with Crippen LogP contribution in [0.2, 0.25) is 0 Å². The van der Waals surface area contributed by atoms with Crippen LogP contribution < -0.4 is 4.74 Å². The van der Waals surface area contributed by atoms with Gasteiger partial charge in [0.1, 0.15) is 10.6 Å². The fraction of sp³-hybridized carbons (Fsp3) is 0.333. The van der Waals surface area contributed by atoms with Crippen molar-refractivity contribution in [1.29, 1.82) is 0 Å². The van der Waals surface area contributed by atoms with Gasteiger partial charge in [-0.05, 0) is 38.0 Å². The Morgan fingerprint density at radius 2 is 2.20 bits per heavy atom. The molecule has 0 amide bonds. The predicted molar refractivity (Wildman–Crippen MR) is 78.8 cm³/mol. The van der Waals surface area contributed by atoms with Gasteiger partial charge in [-0.15, -0.1) is 11.3 Å². The van der Waals surface area contributed by atoms with Crippen molar-refractivity contribution in [2.75, 3.05) is 6.61 Å². The molecule has 1 heterocycles. The third-order valence-corrected chi connectivity index (χ3v) is 4.03. The third-order valence-electron chi connectivity index (χ3n) is 2.83. The molecule has 0 aliphatic carbocycles. The van der Waals surface area contributed by atoms with Crippen LogP contribution in [-0.2, 0) is 6.42 Å². The summed E-state index contributed by atoms with van der Waals surface area (Å²) in [7, 11) is 0. The molecule has 2 aromatic rings. The first kappa shape index (κ1) is 14.5. The molecule has 0 saturated heterocycles. The number of hydrogen-bond donors (Lipinski definition) is 1. The average Bonchev–Trinajstić information content (AvgIpc) is 2.76. The topological polar surface area (TPSA) is 59.4 Å². The molecule has 0 bridgehead atoms. The van der Waals surface area contributed by atoms with Crippen LogP contribution in [0, 0.1) is 13.8 Å². The summed E-state index contributed by atoms with van der Waals surface area (Å²) in [6.45, 7) is 4.36. The summed E-state index contributed by atoms with van der Waals surface area (Å²) in [4.78, 5) is 15.5. The molecular weight excluding hydrogens is 274 g/mol. The number of aryl methyl sites for hydroxylation is 3. The molecule has 0 aliphatic rings. The van der Waals surface area contributed by atoms with Crippen molar-refractivity contribution in [2.24, 2.45) is 0 Å². The normalized spacial score (nSPS) is 10.5. The number of thiazole rings is 1. The highest BCUT2D eigenvalue weighted by molar-refractivity contribution is 7.13. The van der Waals surface area contributed by atoms with Crippen LogP contribution in [-0.4, -0.2) is 22.7 Å². The number of aromatic carboxylic acids is 1. The molecule has 0 atom stereocenters. The fourth-order valence-electron chi connectivity index (χ4n) is 1.88. The molecule has 0 spiro atoms. The molecule has 0 aliphatic heterocycles. The molecule has 0 fully saturated rings. The quantitative estimate of drug-likeness (QED) is 0.828. The maximum atomic E-state index is 10.9. The van der Waals surface area contributed by atoms with Gasteiger partial charge in [-0.2, -0.15) is 0 Å². The second kappa shape index (κ2) is 6.52. The van der Waals surface area contributed by atoms with E-state index < -0.39 is 5.97 Å². The Labute approximate surface area is 122 Å². The molecule has 5 heteroatoms. The van der Waals surface area contributed by atoms with Crippen LogP contribution in [0.15, 0.2) is 24.3 Å². The summed E-state index contributed by atoms with van der Waals surface area (Å²) in [6, 6.07) is 7.92. The third kappa shape index (κ3) is 3.81. The SMILES string of the molecule is Cc1cccc(OCCCc2nc(C)c(C(=O)O)s2)c1. The minimum absolute atomic E-state index is 0.333. The largest absolute Gasteiger partial charge is 0.494 e. The van der Waals surface area contributed by atoms with Gasteiger partial charge in [-0.25, -0.2) is 9.78 Å². The van der Waals surface area contributed by atoms with E-state index in [2.05, 4.69) is 4.98 Å². The Morgan fingerprint density at radius 3 is 2.85 bits per heavy atom. The van der Waals surface area contributed by atoms with Crippen molar-refractivity contribution in [3.63, 3.8) is 0 Å². The van der Waals surface area contributed by atoms with E-state index >= 15 is 0 Å². The Balaban J connectivity index is 1.81. The first-order chi connectivity index (χ1) is 9.56. The monoisotopic (exact) mass is 291 g/mol.